The lowest BCUT2D eigenvalue weighted by molar-refractivity contribution is -0.154. The molecule has 4 nitrogen and oxygen atoms in total. The standard InChI is InChI=1S/C23H31NO3/c1-19(25)27-23(24(2)3)13-9-4-5-10-18-26-22-16-14-21(15-17-22)20-11-7-6-8-12-20/h6-8,11-12,14-17,23H,4-5,9-10,13,18H2,1-3H3. The molecule has 27 heavy (non-hydrogen) atoms. The molecule has 0 aliphatic heterocycles. The number of hydrogen-bond acceptors (Lipinski definition) is 4. The summed E-state index contributed by atoms with van der Waals surface area (Å²) in [6, 6.07) is 18.6. The lowest BCUT2D eigenvalue weighted by atomic mass is 10.1. The summed E-state index contributed by atoms with van der Waals surface area (Å²) < 4.78 is 11.1. The summed E-state index contributed by atoms with van der Waals surface area (Å²) in [7, 11) is 3.87. The maximum absolute atomic E-state index is 11.1. The lowest BCUT2D eigenvalue weighted by Gasteiger charge is -2.23. The molecule has 4 heteroatoms. The smallest absolute Gasteiger partial charge is 0.304 e. The third-order valence-corrected chi connectivity index (χ3v) is 4.45. The highest BCUT2D eigenvalue weighted by Crippen LogP contribution is 2.22. The topological polar surface area (TPSA) is 38.8 Å². The molecule has 1 atom stereocenters. The normalized spacial score (nSPS) is 12.0. The van der Waals surface area contributed by atoms with Crippen LogP contribution in [-0.4, -0.2) is 37.8 Å². The zero-order valence-corrected chi connectivity index (χ0v) is 16.7. The first kappa shape index (κ1) is 21.0. The third-order valence-electron chi connectivity index (χ3n) is 4.45. The van der Waals surface area contributed by atoms with Crippen molar-refractivity contribution in [3.8, 4) is 16.9 Å². The molecule has 0 fully saturated rings. The monoisotopic (exact) mass is 369 g/mol. The van der Waals surface area contributed by atoms with E-state index in [0.29, 0.717) is 0 Å². The first-order valence-corrected chi connectivity index (χ1v) is 9.68. The minimum absolute atomic E-state index is 0.123. The summed E-state index contributed by atoms with van der Waals surface area (Å²) >= 11 is 0. The Morgan fingerprint density at radius 3 is 2.15 bits per heavy atom. The van der Waals surface area contributed by atoms with Gasteiger partial charge in [0.1, 0.15) is 5.75 Å². The second-order valence-corrected chi connectivity index (χ2v) is 6.97. The molecule has 146 valence electrons. The fraction of sp³-hybridized carbons (Fsp3) is 0.435. The second kappa shape index (κ2) is 11.4. The fourth-order valence-corrected chi connectivity index (χ4v) is 2.95. The third kappa shape index (κ3) is 7.83. The van der Waals surface area contributed by atoms with Crippen molar-refractivity contribution < 1.29 is 14.3 Å². The first-order chi connectivity index (χ1) is 13.1. The zero-order valence-electron chi connectivity index (χ0n) is 16.7. The average molecular weight is 370 g/mol. The van der Waals surface area contributed by atoms with Gasteiger partial charge in [-0.2, -0.15) is 0 Å². The van der Waals surface area contributed by atoms with Crippen LogP contribution in [0.4, 0.5) is 0 Å². The number of carbonyl (C=O) groups excluding carboxylic acids is 1. The van der Waals surface area contributed by atoms with Crippen molar-refractivity contribution in [3.05, 3.63) is 54.6 Å². The van der Waals surface area contributed by atoms with E-state index in [0.717, 1.165) is 44.5 Å². The van der Waals surface area contributed by atoms with E-state index in [1.807, 2.05) is 49.3 Å². The highest BCUT2D eigenvalue weighted by molar-refractivity contribution is 5.66. The molecule has 0 radical (unpaired) electrons. The summed E-state index contributed by atoms with van der Waals surface area (Å²) in [5, 5.41) is 0. The average Bonchev–Trinajstić information content (AvgIpc) is 2.67. The van der Waals surface area contributed by atoms with Gasteiger partial charge in [0.15, 0.2) is 6.23 Å². The number of esters is 1. The SMILES string of the molecule is CC(=O)OC(CCCCCCOc1ccc(-c2ccccc2)cc1)N(C)C. The Morgan fingerprint density at radius 1 is 0.889 bits per heavy atom. The zero-order chi connectivity index (χ0) is 19.5. The van der Waals surface area contributed by atoms with Crippen LogP contribution in [0.15, 0.2) is 54.6 Å². The van der Waals surface area contributed by atoms with Crippen LogP contribution >= 0.6 is 0 Å². The molecule has 1 unspecified atom stereocenters. The molecule has 0 saturated heterocycles. The van der Waals surface area contributed by atoms with Gasteiger partial charge >= 0.3 is 5.97 Å². The lowest BCUT2D eigenvalue weighted by Crippen LogP contribution is -2.32. The number of nitrogens with zero attached hydrogens (tertiary/aromatic N) is 1. The highest BCUT2D eigenvalue weighted by atomic mass is 16.6. The molecular formula is C23H31NO3. The van der Waals surface area contributed by atoms with Crippen LogP contribution in [0, 0.1) is 0 Å². The van der Waals surface area contributed by atoms with E-state index in [2.05, 4.69) is 24.3 Å². The van der Waals surface area contributed by atoms with Crippen molar-refractivity contribution in [2.45, 2.75) is 45.3 Å². The van der Waals surface area contributed by atoms with Crippen LogP contribution in [0.25, 0.3) is 11.1 Å². The minimum Gasteiger partial charge on any atom is -0.494 e. The summed E-state index contributed by atoms with van der Waals surface area (Å²) in [6.07, 6.45) is 5.04. The largest absolute Gasteiger partial charge is 0.494 e. The van der Waals surface area contributed by atoms with Crippen LogP contribution in [0.1, 0.15) is 39.0 Å². The molecular weight excluding hydrogens is 338 g/mol. The molecule has 2 aromatic carbocycles. The van der Waals surface area contributed by atoms with Gasteiger partial charge in [0.25, 0.3) is 0 Å². The Balaban J connectivity index is 1.61. The van der Waals surface area contributed by atoms with Gasteiger partial charge in [-0.1, -0.05) is 55.3 Å². The van der Waals surface area contributed by atoms with Crippen molar-refractivity contribution in [2.24, 2.45) is 0 Å². The molecule has 0 aliphatic rings. The molecule has 0 amide bonds. The second-order valence-electron chi connectivity index (χ2n) is 6.97. The highest BCUT2D eigenvalue weighted by Gasteiger charge is 2.13. The molecule has 0 heterocycles. The van der Waals surface area contributed by atoms with Gasteiger partial charge in [-0.15, -0.1) is 0 Å². The quantitative estimate of drug-likeness (QED) is 0.312. The first-order valence-electron chi connectivity index (χ1n) is 9.68. The van der Waals surface area contributed by atoms with Gasteiger partial charge in [0.05, 0.1) is 6.61 Å². The van der Waals surface area contributed by atoms with Gasteiger partial charge in [-0.05, 0) is 56.6 Å². The Labute approximate surface area is 163 Å². The molecule has 0 aromatic heterocycles. The summed E-state index contributed by atoms with van der Waals surface area (Å²) in [6.45, 7) is 2.19. The summed E-state index contributed by atoms with van der Waals surface area (Å²) in [4.78, 5) is 13.1. The van der Waals surface area contributed by atoms with E-state index in [1.165, 1.54) is 18.1 Å². The Kier molecular flexibility index (Phi) is 8.85. The van der Waals surface area contributed by atoms with E-state index in [-0.39, 0.29) is 12.2 Å². The summed E-state index contributed by atoms with van der Waals surface area (Å²) in [5.74, 6) is 0.692. The maximum atomic E-state index is 11.1. The van der Waals surface area contributed by atoms with Gasteiger partial charge in [-0.25, -0.2) is 0 Å². The number of hydrogen-bond donors (Lipinski definition) is 0. The van der Waals surface area contributed by atoms with Gasteiger partial charge in [0, 0.05) is 6.92 Å². The fourth-order valence-electron chi connectivity index (χ4n) is 2.95. The molecule has 0 spiro atoms. The van der Waals surface area contributed by atoms with Crippen LogP contribution < -0.4 is 4.74 Å². The van der Waals surface area contributed by atoms with E-state index < -0.39 is 0 Å². The number of unbranched alkanes of at least 4 members (excludes halogenated alkanes) is 3. The summed E-state index contributed by atoms with van der Waals surface area (Å²) in [5.41, 5.74) is 2.42. The van der Waals surface area contributed by atoms with Crippen molar-refractivity contribution in [1.82, 2.24) is 4.90 Å². The van der Waals surface area contributed by atoms with E-state index >= 15 is 0 Å². The van der Waals surface area contributed by atoms with Crippen molar-refractivity contribution in [3.63, 3.8) is 0 Å². The van der Waals surface area contributed by atoms with Crippen LogP contribution in [0.2, 0.25) is 0 Å². The number of benzene rings is 2. The molecule has 0 N–H and O–H groups in total. The van der Waals surface area contributed by atoms with Crippen LogP contribution in [0.5, 0.6) is 5.75 Å². The molecule has 0 aliphatic carbocycles. The Morgan fingerprint density at radius 2 is 1.52 bits per heavy atom. The Hall–Kier alpha value is -2.33. The number of carbonyl (C=O) groups is 1. The number of ether oxygens (including phenoxy) is 2. The molecule has 0 bridgehead atoms. The minimum atomic E-state index is -0.222. The van der Waals surface area contributed by atoms with Gasteiger partial charge < -0.3 is 9.47 Å². The van der Waals surface area contributed by atoms with E-state index in [4.69, 9.17) is 9.47 Å². The van der Waals surface area contributed by atoms with Crippen molar-refractivity contribution >= 4 is 5.97 Å². The van der Waals surface area contributed by atoms with Crippen LogP contribution in [-0.2, 0) is 9.53 Å². The van der Waals surface area contributed by atoms with E-state index in [1.54, 1.807) is 0 Å². The van der Waals surface area contributed by atoms with Crippen molar-refractivity contribution in [1.29, 1.82) is 0 Å². The van der Waals surface area contributed by atoms with Crippen LogP contribution in [0.3, 0.4) is 0 Å². The molecule has 2 rings (SSSR count). The molecule has 0 saturated carbocycles. The van der Waals surface area contributed by atoms with Crippen molar-refractivity contribution in [2.75, 3.05) is 20.7 Å². The van der Waals surface area contributed by atoms with E-state index in [9.17, 15) is 4.79 Å². The maximum Gasteiger partial charge on any atom is 0.304 e. The molecule has 2 aromatic rings. The van der Waals surface area contributed by atoms with Gasteiger partial charge in [-0.3, -0.25) is 9.69 Å². The Bertz CT molecular complexity index is 668. The predicted molar refractivity (Wildman–Crippen MR) is 110 cm³/mol. The van der Waals surface area contributed by atoms with Gasteiger partial charge in [0.2, 0.25) is 0 Å². The predicted octanol–water partition coefficient (Wildman–Crippen LogP) is 5.13. The number of rotatable bonds is 11.